The van der Waals surface area contributed by atoms with Crippen LogP contribution in [0, 0.1) is 12.8 Å². The summed E-state index contributed by atoms with van der Waals surface area (Å²) in [7, 11) is 3.60. The van der Waals surface area contributed by atoms with Crippen molar-refractivity contribution in [1.29, 1.82) is 0 Å². The number of hydrogen-bond donors (Lipinski definition) is 1. The minimum absolute atomic E-state index is 0.00433. The molecule has 9 heteroatoms. The minimum Gasteiger partial charge on any atom is -0.383 e. The van der Waals surface area contributed by atoms with Gasteiger partial charge in [0.25, 0.3) is 0 Å². The van der Waals surface area contributed by atoms with Gasteiger partial charge in [-0.3, -0.25) is 9.48 Å². The van der Waals surface area contributed by atoms with Crippen LogP contribution >= 0.6 is 11.5 Å². The quantitative estimate of drug-likeness (QED) is 0.743. The van der Waals surface area contributed by atoms with Crippen LogP contribution in [0.15, 0.2) is 6.20 Å². The topological polar surface area (TPSA) is 85.2 Å². The van der Waals surface area contributed by atoms with Gasteiger partial charge in [0, 0.05) is 68.3 Å². The second kappa shape index (κ2) is 7.55. The number of rotatable bonds is 8. The summed E-state index contributed by atoms with van der Waals surface area (Å²) in [6.45, 7) is 3.86. The van der Waals surface area contributed by atoms with Crippen LogP contribution in [-0.4, -0.2) is 56.8 Å². The van der Waals surface area contributed by atoms with Crippen LogP contribution in [0.4, 0.5) is 5.13 Å². The highest BCUT2D eigenvalue weighted by Gasteiger charge is 2.41. The molecule has 1 saturated heterocycles. The van der Waals surface area contributed by atoms with Crippen LogP contribution in [0.2, 0.25) is 0 Å². The second-order valence-corrected chi connectivity index (χ2v) is 8.16. The number of aromatic nitrogens is 4. The molecule has 1 amide bonds. The molecule has 1 saturated carbocycles. The molecule has 0 radical (unpaired) electrons. The van der Waals surface area contributed by atoms with Gasteiger partial charge in [-0.1, -0.05) is 0 Å². The van der Waals surface area contributed by atoms with Crippen molar-refractivity contribution < 1.29 is 9.53 Å². The zero-order valence-electron chi connectivity index (χ0n) is 16.0. The predicted molar refractivity (Wildman–Crippen MR) is 103 cm³/mol. The van der Waals surface area contributed by atoms with Crippen LogP contribution in [0.5, 0.6) is 0 Å². The van der Waals surface area contributed by atoms with Gasteiger partial charge in [0.05, 0.1) is 18.8 Å². The number of carbonyl (C=O) groups excluding carboxylic acids is 1. The monoisotopic (exact) mass is 390 g/mol. The summed E-state index contributed by atoms with van der Waals surface area (Å²) in [4.78, 5) is 19.2. The van der Waals surface area contributed by atoms with E-state index in [0.717, 1.165) is 22.2 Å². The van der Waals surface area contributed by atoms with Gasteiger partial charge in [-0.15, -0.1) is 0 Å². The van der Waals surface area contributed by atoms with E-state index in [9.17, 15) is 4.79 Å². The van der Waals surface area contributed by atoms with Crippen molar-refractivity contribution in [2.24, 2.45) is 13.0 Å². The van der Waals surface area contributed by atoms with E-state index in [1.54, 1.807) is 7.11 Å². The lowest BCUT2D eigenvalue weighted by Gasteiger charge is -2.28. The maximum absolute atomic E-state index is 12.7. The molecular weight excluding hydrogens is 364 g/mol. The predicted octanol–water partition coefficient (Wildman–Crippen LogP) is 2.11. The normalized spacial score (nSPS) is 22.6. The van der Waals surface area contributed by atoms with Gasteiger partial charge in [0.2, 0.25) is 11.0 Å². The van der Waals surface area contributed by atoms with E-state index >= 15 is 0 Å². The zero-order chi connectivity index (χ0) is 19.0. The Balaban J connectivity index is 1.51. The number of carbonyl (C=O) groups is 1. The lowest BCUT2D eigenvalue weighted by molar-refractivity contribution is -0.129. The van der Waals surface area contributed by atoms with Crippen molar-refractivity contribution in [3.05, 3.63) is 23.3 Å². The Labute approximate surface area is 163 Å². The average Bonchev–Trinajstić information content (AvgIpc) is 3.20. The fraction of sp³-hybridized carbons (Fsp3) is 0.667. The molecule has 1 aliphatic carbocycles. The summed E-state index contributed by atoms with van der Waals surface area (Å²) >= 11 is 1.41. The molecule has 4 rings (SSSR count). The van der Waals surface area contributed by atoms with Crippen molar-refractivity contribution in [2.45, 2.75) is 38.1 Å². The van der Waals surface area contributed by atoms with E-state index in [1.165, 1.54) is 24.4 Å². The summed E-state index contributed by atoms with van der Waals surface area (Å²) in [6.07, 6.45) is 4.81. The lowest BCUT2D eigenvalue weighted by atomic mass is 9.94. The molecule has 0 unspecified atom stereocenters. The minimum atomic E-state index is 0.00433. The SMILES string of the molecule is COCCN1C(=O)C[C@@H](CNc2nc(C3CC3)ns2)[C@@H]1c1cnn(C)c1C. The molecule has 1 aliphatic heterocycles. The number of anilines is 1. The summed E-state index contributed by atoms with van der Waals surface area (Å²) in [5, 5.41) is 8.66. The van der Waals surface area contributed by atoms with E-state index in [2.05, 4.69) is 26.7 Å². The van der Waals surface area contributed by atoms with E-state index in [-0.39, 0.29) is 17.9 Å². The molecular formula is C18H26N6O2S. The summed E-state index contributed by atoms with van der Waals surface area (Å²) < 4.78 is 11.5. The summed E-state index contributed by atoms with van der Waals surface area (Å²) in [6, 6.07) is 0.00433. The van der Waals surface area contributed by atoms with Gasteiger partial charge >= 0.3 is 0 Å². The third-order valence-electron chi connectivity index (χ3n) is 5.57. The van der Waals surface area contributed by atoms with E-state index in [0.29, 0.717) is 32.0 Å². The molecule has 2 aromatic rings. The number of likely N-dealkylation sites (tertiary alicyclic amines) is 1. The maximum atomic E-state index is 12.7. The molecule has 3 heterocycles. The molecule has 1 N–H and O–H groups in total. The average molecular weight is 391 g/mol. The molecule has 2 aromatic heterocycles. The lowest BCUT2D eigenvalue weighted by Crippen LogP contribution is -2.33. The number of nitrogens with one attached hydrogen (secondary N) is 1. The fourth-order valence-electron chi connectivity index (χ4n) is 3.76. The second-order valence-electron chi connectivity index (χ2n) is 7.41. The van der Waals surface area contributed by atoms with Gasteiger partial charge in [-0.25, -0.2) is 4.98 Å². The first-order valence-corrected chi connectivity index (χ1v) is 10.2. The highest BCUT2D eigenvalue weighted by atomic mass is 32.1. The molecule has 2 atom stereocenters. The van der Waals surface area contributed by atoms with Gasteiger partial charge < -0.3 is 15.0 Å². The van der Waals surface area contributed by atoms with Crippen LogP contribution in [0.3, 0.4) is 0 Å². The first-order valence-electron chi connectivity index (χ1n) is 9.43. The highest BCUT2D eigenvalue weighted by molar-refractivity contribution is 7.09. The van der Waals surface area contributed by atoms with Crippen molar-refractivity contribution in [3.8, 4) is 0 Å². The van der Waals surface area contributed by atoms with E-state index in [4.69, 9.17) is 4.74 Å². The zero-order valence-corrected chi connectivity index (χ0v) is 16.8. The first kappa shape index (κ1) is 18.4. The van der Waals surface area contributed by atoms with Crippen molar-refractivity contribution in [2.75, 3.05) is 32.1 Å². The van der Waals surface area contributed by atoms with E-state index in [1.807, 2.05) is 22.8 Å². The Bertz CT molecular complexity index is 815. The van der Waals surface area contributed by atoms with E-state index < -0.39 is 0 Å². The maximum Gasteiger partial charge on any atom is 0.223 e. The first-order chi connectivity index (χ1) is 13.1. The molecule has 27 heavy (non-hydrogen) atoms. The van der Waals surface area contributed by atoms with Crippen molar-refractivity contribution >= 4 is 22.6 Å². The fourth-order valence-corrected chi connectivity index (χ4v) is 4.41. The molecule has 146 valence electrons. The molecule has 0 bridgehead atoms. The van der Waals surface area contributed by atoms with Crippen LogP contribution in [0.1, 0.15) is 48.3 Å². The Hall–Kier alpha value is -2.00. The number of aryl methyl sites for hydroxylation is 1. The van der Waals surface area contributed by atoms with Gasteiger partial charge in [-0.2, -0.15) is 9.47 Å². The molecule has 8 nitrogen and oxygen atoms in total. The van der Waals surface area contributed by atoms with Crippen molar-refractivity contribution in [1.82, 2.24) is 24.0 Å². The Morgan fingerprint density at radius 1 is 1.41 bits per heavy atom. The summed E-state index contributed by atoms with van der Waals surface area (Å²) in [5.41, 5.74) is 2.20. The number of methoxy groups -OCH3 is 1. The number of ether oxygens (including phenoxy) is 1. The molecule has 2 aliphatic rings. The van der Waals surface area contributed by atoms with Crippen LogP contribution < -0.4 is 5.32 Å². The number of hydrogen-bond acceptors (Lipinski definition) is 7. The Kier molecular flexibility index (Phi) is 5.14. The van der Waals surface area contributed by atoms with Crippen LogP contribution in [0.25, 0.3) is 0 Å². The third-order valence-corrected chi connectivity index (χ3v) is 6.25. The van der Waals surface area contributed by atoms with Crippen LogP contribution in [-0.2, 0) is 16.6 Å². The number of nitrogens with zero attached hydrogens (tertiary/aromatic N) is 5. The Morgan fingerprint density at radius 2 is 2.22 bits per heavy atom. The van der Waals surface area contributed by atoms with Gasteiger partial charge in [0.15, 0.2) is 0 Å². The third kappa shape index (κ3) is 3.70. The summed E-state index contributed by atoms with van der Waals surface area (Å²) in [5.74, 6) is 1.85. The molecule has 0 aromatic carbocycles. The standard InChI is InChI=1S/C18H26N6O2S/c1-11-14(10-20-23(11)2)16-13(8-15(25)24(16)6-7-26-3)9-19-18-21-17(22-27-18)12-4-5-12/h10,12-13,16H,4-9H2,1-3H3,(H,19,21,22)/t13-,16+/m0/s1. The molecule has 0 spiro atoms. The smallest absolute Gasteiger partial charge is 0.223 e. The van der Waals surface area contributed by atoms with Crippen molar-refractivity contribution in [3.63, 3.8) is 0 Å². The number of amides is 1. The van der Waals surface area contributed by atoms with Gasteiger partial charge in [0.1, 0.15) is 5.82 Å². The Morgan fingerprint density at radius 3 is 2.89 bits per heavy atom. The van der Waals surface area contributed by atoms with Gasteiger partial charge in [-0.05, 0) is 19.8 Å². The molecule has 2 fully saturated rings. The highest BCUT2D eigenvalue weighted by Crippen LogP contribution is 2.41. The largest absolute Gasteiger partial charge is 0.383 e.